The molecule has 5 N–H and O–H groups in total. The van der Waals surface area contributed by atoms with Crippen LogP contribution in [-0.2, 0) is 9.13 Å². The van der Waals surface area contributed by atoms with Crippen molar-refractivity contribution in [2.24, 2.45) is 11.3 Å². The lowest BCUT2D eigenvalue weighted by molar-refractivity contribution is 0.0356. The summed E-state index contributed by atoms with van der Waals surface area (Å²) in [6, 6.07) is 0. The fraction of sp³-hybridized carbons (Fsp3) is 1.00. The second kappa shape index (κ2) is 5.13. The van der Waals surface area contributed by atoms with E-state index < -0.39 is 31.6 Å². The van der Waals surface area contributed by atoms with Crippen molar-refractivity contribution in [1.82, 2.24) is 0 Å². The van der Waals surface area contributed by atoms with E-state index in [9.17, 15) is 14.2 Å². The van der Waals surface area contributed by atoms with E-state index in [1.54, 1.807) is 0 Å². The van der Waals surface area contributed by atoms with Gasteiger partial charge in [0, 0.05) is 14.3 Å². The summed E-state index contributed by atoms with van der Waals surface area (Å²) in [5, 5.41) is 6.41. The van der Waals surface area contributed by atoms with Crippen molar-refractivity contribution in [2.45, 2.75) is 32.8 Å². The van der Waals surface area contributed by atoms with Gasteiger partial charge in [-0.2, -0.15) is 0 Å². The lowest BCUT2D eigenvalue weighted by Gasteiger charge is -2.41. The van der Waals surface area contributed by atoms with Crippen LogP contribution in [0.15, 0.2) is 0 Å². The van der Waals surface area contributed by atoms with Gasteiger partial charge in [0.1, 0.15) is 0 Å². The van der Waals surface area contributed by atoms with Crippen LogP contribution in [0, 0.1) is 11.3 Å². The number of hydrogen-bond donors (Lipinski definition) is 5. The van der Waals surface area contributed by atoms with Gasteiger partial charge in [0.25, 0.3) is 5.08 Å². The fourth-order valence-corrected chi connectivity index (χ4v) is 4.40. The average molecular weight is 287 g/mol. The molecule has 0 rings (SSSR count). The molecule has 0 amide bonds. The quantitative estimate of drug-likeness (QED) is 0.372. The van der Waals surface area contributed by atoms with Crippen LogP contribution in [0.1, 0.15) is 27.7 Å². The van der Waals surface area contributed by atoms with Crippen LogP contribution in [0.3, 0.4) is 0 Å². The number of rotatable bonds is 3. The van der Waals surface area contributed by atoms with Crippen LogP contribution in [0.2, 0.25) is 0 Å². The molecule has 0 aliphatic carbocycles. The number of hydrogen-bond acceptors (Lipinski definition) is 3. The molecule has 0 aliphatic heterocycles. The van der Waals surface area contributed by atoms with Gasteiger partial charge in [-0.1, -0.05) is 27.7 Å². The Morgan fingerprint density at radius 3 is 1.24 bits per heavy atom. The van der Waals surface area contributed by atoms with Crippen molar-refractivity contribution >= 4 is 23.6 Å². The topological polar surface area (TPSA) is 135 Å². The summed E-state index contributed by atoms with van der Waals surface area (Å²) in [5.74, 6) is -1.29. The summed E-state index contributed by atoms with van der Waals surface area (Å²) in [6.45, 7) is 5.76. The smallest absolute Gasteiger partial charge is 0.367 e. The Morgan fingerprint density at radius 1 is 0.941 bits per heavy atom. The molecule has 0 aliphatic rings. The largest absolute Gasteiger partial charge is 0.369 e. The van der Waals surface area contributed by atoms with E-state index in [2.05, 4.69) is 0 Å². The van der Waals surface area contributed by atoms with Crippen LogP contribution >= 0.6 is 15.2 Å². The van der Waals surface area contributed by atoms with Crippen LogP contribution in [-0.4, -0.2) is 38.2 Å². The normalized spacial score (nSPS) is 16.3. The highest BCUT2D eigenvalue weighted by Crippen LogP contribution is 2.72. The van der Waals surface area contributed by atoms with Gasteiger partial charge in [0.05, 0.1) is 0 Å². The molecule has 101 valence electrons. The SMILES string of the molecule is CC(C(C)(C)C)C(O)(P(=O)(O)O)P(=O)(O)O.[B]. The second-order valence-electron chi connectivity index (χ2n) is 4.86. The van der Waals surface area contributed by atoms with Crippen molar-refractivity contribution in [3.63, 3.8) is 0 Å². The van der Waals surface area contributed by atoms with E-state index in [1.807, 2.05) is 0 Å². The Hall–Kier alpha value is 0.325. The second-order valence-corrected chi connectivity index (χ2v) is 8.76. The minimum atomic E-state index is -5.37. The van der Waals surface area contributed by atoms with Gasteiger partial charge < -0.3 is 24.7 Å². The molecule has 17 heavy (non-hydrogen) atoms. The van der Waals surface area contributed by atoms with Crippen molar-refractivity contribution in [3.05, 3.63) is 0 Å². The van der Waals surface area contributed by atoms with E-state index in [4.69, 9.17) is 19.6 Å². The molecule has 0 aromatic carbocycles. The Balaban J connectivity index is 0. The first-order chi connectivity index (χ1) is 6.65. The molecule has 0 bridgehead atoms. The highest BCUT2D eigenvalue weighted by molar-refractivity contribution is 7.72. The molecule has 10 heteroatoms. The van der Waals surface area contributed by atoms with Crippen molar-refractivity contribution in [3.8, 4) is 0 Å². The third-order valence-corrected chi connectivity index (χ3v) is 6.79. The number of aliphatic hydroxyl groups is 1. The maximum atomic E-state index is 11.1. The summed E-state index contributed by atoms with van der Waals surface area (Å²) in [4.78, 5) is 35.9. The first-order valence-electron chi connectivity index (χ1n) is 4.49. The first-order valence-corrected chi connectivity index (χ1v) is 7.72. The van der Waals surface area contributed by atoms with Gasteiger partial charge in [-0.05, 0) is 5.41 Å². The van der Waals surface area contributed by atoms with Crippen molar-refractivity contribution < 1.29 is 33.8 Å². The highest BCUT2D eigenvalue weighted by atomic mass is 31.2. The minimum absolute atomic E-state index is 0. The Kier molecular flexibility index (Phi) is 5.94. The predicted octanol–water partition coefficient (Wildman–Crippen LogP) is 0.289. The van der Waals surface area contributed by atoms with Crippen LogP contribution in [0.4, 0.5) is 0 Å². The predicted molar refractivity (Wildman–Crippen MR) is 63.4 cm³/mol. The summed E-state index contributed by atoms with van der Waals surface area (Å²) < 4.78 is 22.3. The zero-order chi connectivity index (χ0) is 13.6. The molecule has 3 radical (unpaired) electrons. The average Bonchev–Trinajstić information content (AvgIpc) is 1.95. The van der Waals surface area contributed by atoms with E-state index >= 15 is 0 Å². The summed E-state index contributed by atoms with van der Waals surface area (Å²) in [7, 11) is -10.7. The minimum Gasteiger partial charge on any atom is -0.367 e. The molecule has 0 aromatic heterocycles. The molecule has 1 atom stereocenters. The highest BCUT2D eigenvalue weighted by Gasteiger charge is 2.64. The van der Waals surface area contributed by atoms with E-state index in [0.717, 1.165) is 0 Å². The monoisotopic (exact) mass is 287 g/mol. The van der Waals surface area contributed by atoms with Crippen LogP contribution in [0.5, 0.6) is 0 Å². The molecule has 7 nitrogen and oxygen atoms in total. The standard InChI is InChI=1S/C7H18O7P2.B/c1-5(6(2,3)4)7(8,15(9,10)11)16(12,13)14;/h5,8H,1-4H3,(H2,9,10,11)(H2,12,13,14);. The molecule has 1 unspecified atom stereocenters. The fourth-order valence-electron chi connectivity index (χ4n) is 1.26. The Labute approximate surface area is 102 Å². The van der Waals surface area contributed by atoms with Gasteiger partial charge in [-0.25, -0.2) is 0 Å². The summed E-state index contributed by atoms with van der Waals surface area (Å²) in [5.41, 5.74) is -0.878. The van der Waals surface area contributed by atoms with Crippen molar-refractivity contribution in [1.29, 1.82) is 0 Å². The van der Waals surface area contributed by atoms with Gasteiger partial charge in [0.2, 0.25) is 0 Å². The third-order valence-electron chi connectivity index (χ3n) is 2.74. The van der Waals surface area contributed by atoms with E-state index in [-0.39, 0.29) is 8.41 Å². The van der Waals surface area contributed by atoms with Crippen molar-refractivity contribution in [2.75, 3.05) is 0 Å². The molecule has 0 saturated heterocycles. The Bertz CT molecular complexity index is 330. The molecule has 0 aromatic rings. The maximum Gasteiger partial charge on any atom is 0.369 e. The first kappa shape index (κ1) is 19.7. The maximum absolute atomic E-state index is 11.1. The molecular formula is C7H18BO7P2. The Morgan fingerprint density at radius 2 is 1.18 bits per heavy atom. The molecule has 0 saturated carbocycles. The van der Waals surface area contributed by atoms with Crippen LogP contribution in [0.25, 0.3) is 0 Å². The molecule has 0 fully saturated rings. The zero-order valence-electron chi connectivity index (χ0n) is 10.1. The molecule has 0 spiro atoms. The van der Waals surface area contributed by atoms with E-state index in [1.165, 1.54) is 27.7 Å². The summed E-state index contributed by atoms with van der Waals surface area (Å²) >= 11 is 0. The molecular weight excluding hydrogens is 269 g/mol. The lowest BCUT2D eigenvalue weighted by Crippen LogP contribution is -2.42. The molecule has 0 heterocycles. The van der Waals surface area contributed by atoms with Gasteiger partial charge in [-0.15, -0.1) is 0 Å². The van der Waals surface area contributed by atoms with Gasteiger partial charge in [0.15, 0.2) is 0 Å². The van der Waals surface area contributed by atoms with Crippen LogP contribution < -0.4 is 0 Å². The van der Waals surface area contributed by atoms with Gasteiger partial charge >= 0.3 is 15.2 Å². The summed E-state index contributed by atoms with van der Waals surface area (Å²) in [6.07, 6.45) is 0. The van der Waals surface area contributed by atoms with E-state index in [0.29, 0.717) is 0 Å². The third kappa shape index (κ3) is 3.64. The van der Waals surface area contributed by atoms with Gasteiger partial charge in [-0.3, -0.25) is 9.13 Å². The lowest BCUT2D eigenvalue weighted by atomic mass is 9.82. The zero-order valence-corrected chi connectivity index (χ0v) is 11.9.